The molecule has 1 saturated heterocycles. The van der Waals surface area contributed by atoms with E-state index in [0.29, 0.717) is 13.2 Å². The van der Waals surface area contributed by atoms with E-state index in [1.54, 1.807) is 6.33 Å². The van der Waals surface area contributed by atoms with E-state index >= 15 is 0 Å². The van der Waals surface area contributed by atoms with E-state index in [1.165, 1.54) is 0 Å². The molecule has 6 nitrogen and oxygen atoms in total. The van der Waals surface area contributed by atoms with Crippen molar-refractivity contribution in [1.29, 1.82) is 0 Å². The number of aliphatic hydroxyl groups excluding tert-OH is 1. The van der Waals surface area contributed by atoms with Crippen molar-refractivity contribution in [2.45, 2.75) is 18.9 Å². The van der Waals surface area contributed by atoms with E-state index in [-0.39, 0.29) is 12.6 Å². The molecule has 0 saturated carbocycles. The van der Waals surface area contributed by atoms with Gasteiger partial charge < -0.3 is 20.1 Å². The number of hydrogen-bond acceptors (Lipinski definition) is 6. The summed E-state index contributed by atoms with van der Waals surface area (Å²) in [5.41, 5.74) is 0. The number of benzene rings is 1. The highest BCUT2D eigenvalue weighted by Crippen LogP contribution is 2.24. The van der Waals surface area contributed by atoms with Crippen LogP contribution in [-0.2, 0) is 0 Å². The summed E-state index contributed by atoms with van der Waals surface area (Å²) < 4.78 is 6.71. The van der Waals surface area contributed by atoms with E-state index in [9.17, 15) is 5.11 Å². The van der Waals surface area contributed by atoms with Crippen LogP contribution in [0.2, 0.25) is 0 Å². The van der Waals surface area contributed by atoms with Gasteiger partial charge in [0.25, 0.3) is 0 Å². The van der Waals surface area contributed by atoms with E-state index in [2.05, 4.69) is 36.1 Å². The van der Waals surface area contributed by atoms with E-state index in [1.807, 2.05) is 30.3 Å². The van der Waals surface area contributed by atoms with Crippen molar-refractivity contribution in [3.63, 3.8) is 0 Å². The van der Waals surface area contributed by atoms with Crippen molar-refractivity contribution in [3.8, 4) is 5.75 Å². The Morgan fingerprint density at radius 3 is 2.92 bits per heavy atom. The van der Waals surface area contributed by atoms with Gasteiger partial charge in [0.1, 0.15) is 30.3 Å². The average molecular weight is 393 g/mol. The first-order valence-electron chi connectivity index (χ1n) is 8.08. The summed E-state index contributed by atoms with van der Waals surface area (Å²) in [4.78, 5) is 10.7. The number of ether oxygens (including phenoxy) is 1. The zero-order valence-electron chi connectivity index (χ0n) is 13.4. The fourth-order valence-electron chi connectivity index (χ4n) is 2.81. The molecule has 2 aromatic rings. The summed E-state index contributed by atoms with van der Waals surface area (Å²) in [5, 5.41) is 12.7. The minimum atomic E-state index is 0.161. The standard InChI is InChI=1S/C17H21BrN4O2/c18-13-3-5-15(6-4-13)24-9-7-19-16-10-17(21-12-20-16)22-8-1-2-14(22)11-23/h3-6,10,12,14,23H,1-2,7-9,11H2,(H,19,20,21). The van der Waals surface area contributed by atoms with Crippen LogP contribution in [0.3, 0.4) is 0 Å². The normalized spacial score (nSPS) is 17.1. The number of anilines is 2. The number of rotatable bonds is 7. The monoisotopic (exact) mass is 392 g/mol. The minimum absolute atomic E-state index is 0.161. The molecule has 1 aliphatic rings. The topological polar surface area (TPSA) is 70.5 Å². The Kier molecular flexibility index (Phi) is 5.87. The lowest BCUT2D eigenvalue weighted by molar-refractivity contribution is 0.266. The van der Waals surface area contributed by atoms with Gasteiger partial charge in [0.05, 0.1) is 19.2 Å². The van der Waals surface area contributed by atoms with Crippen LogP contribution in [0.5, 0.6) is 5.75 Å². The van der Waals surface area contributed by atoms with Crippen LogP contribution < -0.4 is 15.0 Å². The number of nitrogens with zero attached hydrogens (tertiary/aromatic N) is 3. The fraction of sp³-hybridized carbons (Fsp3) is 0.412. The molecule has 0 bridgehead atoms. The lowest BCUT2D eigenvalue weighted by atomic mass is 10.2. The molecule has 128 valence electrons. The predicted molar refractivity (Wildman–Crippen MR) is 97.6 cm³/mol. The number of aliphatic hydroxyl groups is 1. The molecule has 2 heterocycles. The molecule has 7 heteroatoms. The van der Waals surface area contributed by atoms with Crippen LogP contribution in [0.1, 0.15) is 12.8 Å². The zero-order valence-corrected chi connectivity index (χ0v) is 14.9. The molecule has 1 aromatic heterocycles. The van der Waals surface area contributed by atoms with Crippen LogP contribution in [0, 0.1) is 0 Å². The molecule has 0 spiro atoms. The Hall–Kier alpha value is -1.86. The molecule has 0 radical (unpaired) electrons. The number of nitrogens with one attached hydrogen (secondary N) is 1. The van der Waals surface area contributed by atoms with Gasteiger partial charge in [-0.15, -0.1) is 0 Å². The third-order valence-corrected chi connectivity index (χ3v) is 4.55. The quantitative estimate of drug-likeness (QED) is 0.705. The second-order valence-corrected chi connectivity index (χ2v) is 6.58. The van der Waals surface area contributed by atoms with Crippen LogP contribution in [0.4, 0.5) is 11.6 Å². The molecular weight excluding hydrogens is 372 g/mol. The highest BCUT2D eigenvalue weighted by molar-refractivity contribution is 9.10. The van der Waals surface area contributed by atoms with Gasteiger partial charge in [-0.05, 0) is 37.1 Å². The molecule has 1 fully saturated rings. The molecule has 1 atom stereocenters. The first-order valence-corrected chi connectivity index (χ1v) is 8.87. The lowest BCUT2D eigenvalue weighted by Gasteiger charge is -2.24. The Morgan fingerprint density at radius 1 is 1.29 bits per heavy atom. The SMILES string of the molecule is OCC1CCCN1c1cc(NCCOc2ccc(Br)cc2)ncn1. The maximum absolute atomic E-state index is 9.45. The maximum Gasteiger partial charge on any atom is 0.134 e. The zero-order chi connectivity index (χ0) is 16.8. The van der Waals surface area contributed by atoms with Gasteiger partial charge in [-0.1, -0.05) is 15.9 Å². The summed E-state index contributed by atoms with van der Waals surface area (Å²) in [7, 11) is 0. The second kappa shape index (κ2) is 8.30. The first kappa shape index (κ1) is 17.0. The highest BCUT2D eigenvalue weighted by Gasteiger charge is 2.25. The van der Waals surface area contributed by atoms with Crippen LogP contribution in [-0.4, -0.2) is 47.4 Å². The summed E-state index contributed by atoms with van der Waals surface area (Å²) >= 11 is 3.40. The average Bonchev–Trinajstić information content (AvgIpc) is 3.09. The van der Waals surface area contributed by atoms with Gasteiger partial charge in [0, 0.05) is 17.1 Å². The summed E-state index contributed by atoms with van der Waals surface area (Å²) in [6, 6.07) is 9.84. The van der Waals surface area contributed by atoms with Gasteiger partial charge in [-0.3, -0.25) is 0 Å². The first-order chi connectivity index (χ1) is 11.8. The smallest absolute Gasteiger partial charge is 0.134 e. The number of hydrogen-bond donors (Lipinski definition) is 2. The van der Waals surface area contributed by atoms with Crippen molar-refractivity contribution < 1.29 is 9.84 Å². The molecule has 1 unspecified atom stereocenters. The van der Waals surface area contributed by atoms with Crippen molar-refractivity contribution in [1.82, 2.24) is 9.97 Å². The van der Waals surface area contributed by atoms with Crippen molar-refractivity contribution in [3.05, 3.63) is 41.1 Å². The molecule has 3 rings (SSSR count). The van der Waals surface area contributed by atoms with Gasteiger partial charge in [0.2, 0.25) is 0 Å². The molecule has 2 N–H and O–H groups in total. The summed E-state index contributed by atoms with van der Waals surface area (Å²) in [6.45, 7) is 2.28. The lowest BCUT2D eigenvalue weighted by Crippen LogP contribution is -2.32. The van der Waals surface area contributed by atoms with Gasteiger partial charge in [-0.2, -0.15) is 0 Å². The van der Waals surface area contributed by atoms with Crippen molar-refractivity contribution in [2.24, 2.45) is 0 Å². The van der Waals surface area contributed by atoms with E-state index < -0.39 is 0 Å². The predicted octanol–water partition coefficient (Wildman–Crippen LogP) is 2.69. The summed E-state index contributed by atoms with van der Waals surface area (Å²) in [6.07, 6.45) is 3.64. The van der Waals surface area contributed by atoms with Gasteiger partial charge in [-0.25, -0.2) is 9.97 Å². The van der Waals surface area contributed by atoms with Gasteiger partial charge in [0.15, 0.2) is 0 Å². The summed E-state index contributed by atoms with van der Waals surface area (Å²) in [5.74, 6) is 2.46. The molecule has 24 heavy (non-hydrogen) atoms. The third-order valence-electron chi connectivity index (χ3n) is 4.03. The highest BCUT2D eigenvalue weighted by atomic mass is 79.9. The maximum atomic E-state index is 9.45. The molecule has 0 aliphatic carbocycles. The number of aromatic nitrogens is 2. The minimum Gasteiger partial charge on any atom is -0.492 e. The Labute approximate surface area is 150 Å². The Bertz CT molecular complexity index is 653. The number of halogens is 1. The Morgan fingerprint density at radius 2 is 2.12 bits per heavy atom. The fourth-order valence-corrected chi connectivity index (χ4v) is 3.07. The molecular formula is C17H21BrN4O2. The third kappa shape index (κ3) is 4.36. The van der Waals surface area contributed by atoms with Gasteiger partial charge >= 0.3 is 0 Å². The van der Waals surface area contributed by atoms with Crippen LogP contribution >= 0.6 is 15.9 Å². The van der Waals surface area contributed by atoms with Crippen LogP contribution in [0.25, 0.3) is 0 Å². The largest absolute Gasteiger partial charge is 0.492 e. The van der Waals surface area contributed by atoms with E-state index in [4.69, 9.17) is 4.74 Å². The molecule has 0 amide bonds. The molecule has 1 aromatic carbocycles. The van der Waals surface area contributed by atoms with Crippen molar-refractivity contribution >= 4 is 27.6 Å². The van der Waals surface area contributed by atoms with Crippen molar-refractivity contribution in [2.75, 3.05) is 36.5 Å². The van der Waals surface area contributed by atoms with E-state index in [0.717, 1.165) is 41.2 Å². The van der Waals surface area contributed by atoms with Crippen LogP contribution in [0.15, 0.2) is 41.1 Å². The Balaban J connectivity index is 1.50. The molecule has 1 aliphatic heterocycles. The second-order valence-electron chi connectivity index (χ2n) is 5.66.